The van der Waals surface area contributed by atoms with Crippen molar-refractivity contribution in [1.82, 2.24) is 14.9 Å². The van der Waals surface area contributed by atoms with E-state index in [0.29, 0.717) is 30.6 Å². The Morgan fingerprint density at radius 1 is 1.52 bits per heavy atom. The zero-order chi connectivity index (χ0) is 16.6. The Balaban J connectivity index is 1.91. The zero-order valence-electron chi connectivity index (χ0n) is 12.7. The first-order valence-electron chi connectivity index (χ1n) is 7.37. The summed E-state index contributed by atoms with van der Waals surface area (Å²) in [5.41, 5.74) is -1.05. The zero-order valence-corrected chi connectivity index (χ0v) is 12.7. The summed E-state index contributed by atoms with van der Waals surface area (Å²) in [6.07, 6.45) is -1.53. The van der Waals surface area contributed by atoms with Crippen LogP contribution in [0.5, 0.6) is 0 Å². The standard InChI is InChI=1S/C13H21N5O5/c1-13(22)9(21)7(4-20)23-12(13)18-6-17-8-10(14-2-3-19)15-5-16-11(8)18/h6-7,9,12,16,19-22H,2-5H2,1H3,(H,14,15)/t7-,9-,12?,13-/m1/s1. The quantitative estimate of drug-likeness (QED) is 0.359. The van der Waals surface area contributed by atoms with Crippen LogP contribution in [0, 0.1) is 0 Å². The average Bonchev–Trinajstić information content (AvgIpc) is 3.06. The first-order valence-corrected chi connectivity index (χ1v) is 7.37. The second-order valence-corrected chi connectivity index (χ2v) is 5.72. The second kappa shape index (κ2) is 6.06. The van der Waals surface area contributed by atoms with Crippen LogP contribution < -0.4 is 10.6 Å². The van der Waals surface area contributed by atoms with Gasteiger partial charge >= 0.3 is 0 Å². The summed E-state index contributed by atoms with van der Waals surface area (Å²) in [6, 6.07) is 0. The van der Waals surface area contributed by atoms with Crippen LogP contribution in [-0.4, -0.2) is 80.0 Å². The Kier molecular flexibility index (Phi) is 4.25. The monoisotopic (exact) mass is 327 g/mol. The van der Waals surface area contributed by atoms with Gasteiger partial charge in [0.2, 0.25) is 0 Å². The van der Waals surface area contributed by atoms with Gasteiger partial charge in [-0.25, -0.2) is 9.98 Å². The minimum Gasteiger partial charge on any atom is -0.395 e. The number of fused-ring (bicyclic) bond motifs is 1. The lowest BCUT2D eigenvalue weighted by Gasteiger charge is -2.29. The highest BCUT2D eigenvalue weighted by molar-refractivity contribution is 6.02. The van der Waals surface area contributed by atoms with E-state index in [1.165, 1.54) is 13.3 Å². The molecule has 0 spiro atoms. The van der Waals surface area contributed by atoms with Crippen molar-refractivity contribution in [2.75, 3.05) is 31.7 Å². The number of ether oxygens (including phenoxy) is 1. The van der Waals surface area contributed by atoms with Gasteiger partial charge in [0.1, 0.15) is 36.0 Å². The molecule has 128 valence electrons. The molecule has 0 saturated carbocycles. The molecule has 1 saturated heterocycles. The Morgan fingerprint density at radius 2 is 2.30 bits per heavy atom. The van der Waals surface area contributed by atoms with E-state index in [1.807, 2.05) is 0 Å². The third-order valence-corrected chi connectivity index (χ3v) is 4.09. The van der Waals surface area contributed by atoms with Crippen molar-refractivity contribution in [2.24, 2.45) is 4.99 Å². The van der Waals surface area contributed by atoms with E-state index in [-0.39, 0.29) is 6.61 Å². The van der Waals surface area contributed by atoms with Crippen LogP contribution in [0.1, 0.15) is 18.8 Å². The molecule has 0 bridgehead atoms. The molecule has 3 heterocycles. The fourth-order valence-electron chi connectivity index (χ4n) is 2.86. The molecule has 10 nitrogen and oxygen atoms in total. The summed E-state index contributed by atoms with van der Waals surface area (Å²) in [5, 5.41) is 44.9. The Labute approximate surface area is 132 Å². The molecule has 1 aromatic heterocycles. The van der Waals surface area contributed by atoms with Gasteiger partial charge in [-0.05, 0) is 6.92 Å². The van der Waals surface area contributed by atoms with Crippen molar-refractivity contribution in [2.45, 2.75) is 31.0 Å². The highest BCUT2D eigenvalue weighted by atomic mass is 16.6. The number of nitrogens with zero attached hydrogens (tertiary/aromatic N) is 3. The van der Waals surface area contributed by atoms with Gasteiger partial charge in [0.05, 0.1) is 19.5 Å². The topological polar surface area (TPSA) is 144 Å². The number of nitrogens with one attached hydrogen (secondary N) is 2. The van der Waals surface area contributed by atoms with Crippen molar-refractivity contribution in [3.05, 3.63) is 12.0 Å². The summed E-state index contributed by atoms with van der Waals surface area (Å²) in [6.45, 7) is 1.66. The Hall–Kier alpha value is -1.72. The van der Waals surface area contributed by atoms with Gasteiger partial charge in [-0.2, -0.15) is 0 Å². The minimum absolute atomic E-state index is 0.0344. The molecule has 0 aromatic carbocycles. The van der Waals surface area contributed by atoms with Crippen LogP contribution >= 0.6 is 0 Å². The lowest BCUT2D eigenvalue weighted by atomic mass is 9.96. The van der Waals surface area contributed by atoms with Crippen molar-refractivity contribution in [3.8, 4) is 0 Å². The van der Waals surface area contributed by atoms with Gasteiger partial charge in [0, 0.05) is 6.54 Å². The van der Waals surface area contributed by atoms with Crippen molar-refractivity contribution in [1.29, 1.82) is 0 Å². The lowest BCUT2D eigenvalue weighted by Crippen LogP contribution is -2.44. The first kappa shape index (κ1) is 16.1. The summed E-state index contributed by atoms with van der Waals surface area (Å²) in [4.78, 5) is 8.51. The number of anilines is 1. The van der Waals surface area contributed by atoms with Gasteiger partial charge in [0.15, 0.2) is 12.1 Å². The van der Waals surface area contributed by atoms with E-state index in [4.69, 9.17) is 9.84 Å². The summed E-state index contributed by atoms with van der Waals surface area (Å²) in [7, 11) is 0. The fraction of sp³-hybridized carbons (Fsp3) is 0.692. The molecule has 2 aliphatic rings. The highest BCUT2D eigenvalue weighted by Crippen LogP contribution is 2.40. The van der Waals surface area contributed by atoms with Gasteiger partial charge in [-0.1, -0.05) is 0 Å². The third kappa shape index (κ3) is 2.58. The van der Waals surface area contributed by atoms with Gasteiger partial charge in [0.25, 0.3) is 0 Å². The van der Waals surface area contributed by atoms with Crippen LogP contribution in [-0.2, 0) is 4.74 Å². The number of aromatic nitrogens is 2. The number of aliphatic hydroxyl groups excluding tert-OH is 3. The predicted molar refractivity (Wildman–Crippen MR) is 80.0 cm³/mol. The van der Waals surface area contributed by atoms with E-state index in [1.54, 1.807) is 4.57 Å². The fourth-order valence-corrected chi connectivity index (χ4v) is 2.86. The first-order chi connectivity index (χ1) is 11.0. The molecule has 23 heavy (non-hydrogen) atoms. The summed E-state index contributed by atoms with van der Waals surface area (Å²) >= 11 is 0. The maximum atomic E-state index is 10.6. The Bertz CT molecular complexity index is 602. The molecule has 4 atom stereocenters. The van der Waals surface area contributed by atoms with Gasteiger partial charge in [-0.3, -0.25) is 4.57 Å². The van der Waals surface area contributed by atoms with Crippen LogP contribution in [0.4, 0.5) is 5.82 Å². The molecule has 6 N–H and O–H groups in total. The molecule has 0 radical (unpaired) electrons. The highest BCUT2D eigenvalue weighted by Gasteiger charge is 2.53. The van der Waals surface area contributed by atoms with Crippen LogP contribution in [0.2, 0.25) is 0 Å². The molecule has 10 heteroatoms. The van der Waals surface area contributed by atoms with Gasteiger partial charge < -0.3 is 35.8 Å². The maximum absolute atomic E-state index is 10.6. The normalized spacial score (nSPS) is 33.1. The average molecular weight is 327 g/mol. The van der Waals surface area contributed by atoms with E-state index in [2.05, 4.69) is 20.6 Å². The number of amidine groups is 1. The molecular weight excluding hydrogens is 306 g/mol. The summed E-state index contributed by atoms with van der Waals surface area (Å²) in [5.74, 6) is 1.11. The van der Waals surface area contributed by atoms with Gasteiger partial charge in [-0.15, -0.1) is 0 Å². The number of aliphatic imine (C=N–C) groups is 1. The SMILES string of the molecule is C[C@]1(O)C(n2cnc3c2NCN=C3NCCO)O[C@H](CO)[C@H]1O. The molecule has 1 fully saturated rings. The van der Waals surface area contributed by atoms with Crippen LogP contribution in [0.25, 0.3) is 0 Å². The number of hydrogen-bond acceptors (Lipinski definition) is 9. The maximum Gasteiger partial charge on any atom is 0.168 e. The van der Waals surface area contributed by atoms with E-state index in [9.17, 15) is 15.3 Å². The smallest absolute Gasteiger partial charge is 0.168 e. The second-order valence-electron chi connectivity index (χ2n) is 5.72. The van der Waals surface area contributed by atoms with E-state index < -0.39 is 30.6 Å². The number of hydrogen-bond donors (Lipinski definition) is 6. The molecule has 1 aromatic rings. The van der Waals surface area contributed by atoms with E-state index >= 15 is 0 Å². The van der Waals surface area contributed by atoms with Crippen LogP contribution in [0.15, 0.2) is 11.3 Å². The predicted octanol–water partition coefficient (Wildman–Crippen LogP) is -2.40. The lowest BCUT2D eigenvalue weighted by molar-refractivity contribution is -0.0958. The molecular formula is C13H21N5O5. The molecule has 1 unspecified atom stereocenters. The van der Waals surface area contributed by atoms with Crippen molar-refractivity contribution >= 4 is 11.7 Å². The molecule has 2 aliphatic heterocycles. The number of imidazole rings is 1. The van der Waals surface area contributed by atoms with Crippen molar-refractivity contribution in [3.63, 3.8) is 0 Å². The largest absolute Gasteiger partial charge is 0.395 e. The minimum atomic E-state index is -1.59. The number of rotatable bonds is 4. The third-order valence-electron chi connectivity index (χ3n) is 4.09. The number of aliphatic hydroxyl groups is 4. The van der Waals surface area contributed by atoms with Crippen LogP contribution in [0.3, 0.4) is 0 Å². The molecule has 3 rings (SSSR count). The Morgan fingerprint density at radius 3 is 2.96 bits per heavy atom. The summed E-state index contributed by atoms with van der Waals surface area (Å²) < 4.78 is 7.17. The molecule has 0 aliphatic carbocycles. The molecule has 0 amide bonds. The van der Waals surface area contributed by atoms with E-state index in [0.717, 1.165) is 0 Å². The van der Waals surface area contributed by atoms with Crippen molar-refractivity contribution < 1.29 is 25.2 Å².